The second-order valence-corrected chi connectivity index (χ2v) is 5.56. The molecule has 0 saturated carbocycles. The van der Waals surface area contributed by atoms with Gasteiger partial charge in [-0.3, -0.25) is 0 Å². The lowest BCUT2D eigenvalue weighted by Crippen LogP contribution is -1.91. The third-order valence-corrected chi connectivity index (χ3v) is 4.36. The van der Waals surface area contributed by atoms with Gasteiger partial charge in [0.25, 0.3) is 0 Å². The molecule has 0 bridgehead atoms. The van der Waals surface area contributed by atoms with E-state index in [1.165, 1.54) is 21.5 Å². The van der Waals surface area contributed by atoms with E-state index >= 15 is 0 Å². The Kier molecular flexibility index (Phi) is 1.98. The molecule has 0 aliphatic heterocycles. The van der Waals surface area contributed by atoms with E-state index in [0.717, 1.165) is 16.2 Å². The van der Waals surface area contributed by atoms with Gasteiger partial charge in [-0.1, -0.05) is 42.5 Å². The van der Waals surface area contributed by atoms with Crippen molar-refractivity contribution < 1.29 is 14.3 Å². The first kappa shape index (κ1) is 11.6. The highest BCUT2D eigenvalue weighted by Crippen LogP contribution is 2.39. The summed E-state index contributed by atoms with van der Waals surface area (Å²) in [5.41, 5.74) is 0.614. The van der Waals surface area contributed by atoms with Crippen molar-refractivity contribution in [3.8, 4) is 0 Å². The molecule has 22 heavy (non-hydrogen) atoms. The zero-order chi connectivity index (χ0) is 14.8. The van der Waals surface area contributed by atoms with Gasteiger partial charge >= 0.3 is 5.97 Å². The SMILES string of the molecule is O=C(O)c1cc2c(cc3ccc4cccc5ccc2c3c45)o1. The number of carboxylic acids is 1. The van der Waals surface area contributed by atoms with Crippen molar-refractivity contribution in [2.75, 3.05) is 0 Å². The third kappa shape index (κ3) is 1.33. The first-order valence-corrected chi connectivity index (χ1v) is 7.06. The van der Waals surface area contributed by atoms with Crippen molar-refractivity contribution in [1.29, 1.82) is 0 Å². The smallest absolute Gasteiger partial charge is 0.371 e. The van der Waals surface area contributed by atoms with Gasteiger partial charge < -0.3 is 9.52 Å². The highest BCUT2D eigenvalue weighted by atomic mass is 16.4. The summed E-state index contributed by atoms with van der Waals surface area (Å²) in [6, 6.07) is 18.1. The van der Waals surface area contributed by atoms with Gasteiger partial charge in [-0.25, -0.2) is 4.79 Å². The summed E-state index contributed by atoms with van der Waals surface area (Å²) in [5, 5.41) is 16.9. The number of hydrogen-bond donors (Lipinski definition) is 1. The van der Waals surface area contributed by atoms with Crippen molar-refractivity contribution in [2.24, 2.45) is 0 Å². The summed E-state index contributed by atoms with van der Waals surface area (Å²) in [5.74, 6) is -1.07. The molecule has 5 rings (SSSR count). The summed E-state index contributed by atoms with van der Waals surface area (Å²) >= 11 is 0. The van der Waals surface area contributed by atoms with E-state index in [4.69, 9.17) is 9.52 Å². The molecule has 0 aliphatic rings. The van der Waals surface area contributed by atoms with Crippen LogP contribution in [0.5, 0.6) is 0 Å². The normalized spacial score (nSPS) is 12.0. The second kappa shape index (κ2) is 3.77. The van der Waals surface area contributed by atoms with Crippen molar-refractivity contribution in [2.45, 2.75) is 0 Å². The van der Waals surface area contributed by atoms with Crippen LogP contribution >= 0.6 is 0 Å². The molecule has 0 atom stereocenters. The summed E-state index contributed by atoms with van der Waals surface area (Å²) in [7, 11) is 0. The van der Waals surface area contributed by atoms with Crippen LogP contribution in [0.3, 0.4) is 0 Å². The zero-order valence-electron chi connectivity index (χ0n) is 11.5. The van der Waals surface area contributed by atoms with Gasteiger partial charge in [-0.05, 0) is 44.5 Å². The lowest BCUT2D eigenvalue weighted by atomic mass is 9.93. The fourth-order valence-electron chi connectivity index (χ4n) is 3.42. The van der Waals surface area contributed by atoms with Gasteiger partial charge in [-0.15, -0.1) is 0 Å². The minimum absolute atomic E-state index is 0.0231. The molecule has 1 heterocycles. The highest BCUT2D eigenvalue weighted by Gasteiger charge is 2.16. The molecule has 5 aromatic rings. The number of furan rings is 1. The van der Waals surface area contributed by atoms with E-state index in [1.54, 1.807) is 6.07 Å². The third-order valence-electron chi connectivity index (χ3n) is 4.36. The molecular weight excluding hydrogens is 276 g/mol. The number of fused-ring (bicyclic) bond motifs is 2. The van der Waals surface area contributed by atoms with Crippen LogP contribution in [0.4, 0.5) is 0 Å². The number of aromatic carboxylic acids is 1. The van der Waals surface area contributed by atoms with E-state index < -0.39 is 5.97 Å². The molecule has 3 nitrogen and oxygen atoms in total. The number of benzene rings is 4. The van der Waals surface area contributed by atoms with Gasteiger partial charge in [0.2, 0.25) is 5.76 Å². The Bertz CT molecular complexity index is 1180. The first-order valence-electron chi connectivity index (χ1n) is 7.06. The molecule has 1 N–H and O–H groups in total. The van der Waals surface area contributed by atoms with Crippen molar-refractivity contribution in [1.82, 2.24) is 0 Å². The van der Waals surface area contributed by atoms with Gasteiger partial charge in [0.1, 0.15) is 5.58 Å². The molecule has 0 saturated heterocycles. The van der Waals surface area contributed by atoms with Crippen LogP contribution in [0.1, 0.15) is 10.6 Å². The largest absolute Gasteiger partial charge is 0.475 e. The van der Waals surface area contributed by atoms with Crippen LogP contribution in [-0.4, -0.2) is 11.1 Å². The van der Waals surface area contributed by atoms with Gasteiger partial charge in [0.15, 0.2) is 0 Å². The van der Waals surface area contributed by atoms with Crippen LogP contribution < -0.4 is 0 Å². The van der Waals surface area contributed by atoms with Crippen LogP contribution in [0, 0.1) is 0 Å². The minimum Gasteiger partial charge on any atom is -0.475 e. The number of rotatable bonds is 1. The first-order chi connectivity index (χ1) is 10.7. The van der Waals surface area contributed by atoms with Crippen LogP contribution in [0.2, 0.25) is 0 Å². The van der Waals surface area contributed by atoms with E-state index in [0.29, 0.717) is 5.58 Å². The number of carboxylic acid groups (broad SMARTS) is 1. The van der Waals surface area contributed by atoms with Gasteiger partial charge in [0.05, 0.1) is 0 Å². The molecule has 0 aliphatic carbocycles. The summed E-state index contributed by atoms with van der Waals surface area (Å²) in [6.45, 7) is 0. The van der Waals surface area contributed by atoms with Crippen molar-refractivity contribution in [3.63, 3.8) is 0 Å². The fourth-order valence-corrected chi connectivity index (χ4v) is 3.42. The Morgan fingerprint density at radius 2 is 1.55 bits per heavy atom. The Morgan fingerprint density at radius 3 is 2.32 bits per heavy atom. The quantitative estimate of drug-likeness (QED) is 0.440. The average Bonchev–Trinajstić information content (AvgIpc) is 2.96. The molecule has 0 radical (unpaired) electrons. The molecule has 3 heteroatoms. The average molecular weight is 286 g/mol. The lowest BCUT2D eigenvalue weighted by molar-refractivity contribution is 0.0665. The zero-order valence-corrected chi connectivity index (χ0v) is 11.5. The second-order valence-electron chi connectivity index (χ2n) is 5.56. The molecule has 4 aromatic carbocycles. The maximum Gasteiger partial charge on any atom is 0.371 e. The minimum atomic E-state index is -1.04. The fraction of sp³-hybridized carbons (Fsp3) is 0. The maximum atomic E-state index is 11.2. The van der Waals surface area contributed by atoms with Gasteiger partial charge in [-0.2, -0.15) is 0 Å². The molecule has 104 valence electrons. The van der Waals surface area contributed by atoms with Crippen LogP contribution in [-0.2, 0) is 0 Å². The number of carbonyl (C=O) groups is 1. The molecule has 0 amide bonds. The monoisotopic (exact) mass is 286 g/mol. The van der Waals surface area contributed by atoms with E-state index in [-0.39, 0.29) is 5.76 Å². The Morgan fingerprint density at radius 1 is 0.818 bits per heavy atom. The molecule has 0 fully saturated rings. The highest BCUT2D eigenvalue weighted by molar-refractivity contribution is 6.28. The Hall–Kier alpha value is -3.07. The molecular formula is C19H10O3. The standard InChI is InChI=1S/C19H10O3/c20-19(21)16-9-14-13-7-6-11-3-1-2-10-4-5-12(8-15(14)22-16)18(13)17(10)11/h1-9H,(H,20,21). The Balaban J connectivity index is 2.11. The molecule has 1 aromatic heterocycles. The molecule has 0 spiro atoms. The predicted molar refractivity (Wildman–Crippen MR) is 86.9 cm³/mol. The van der Waals surface area contributed by atoms with Crippen LogP contribution in [0.25, 0.3) is 43.3 Å². The van der Waals surface area contributed by atoms with Gasteiger partial charge in [0, 0.05) is 5.39 Å². The lowest BCUT2D eigenvalue weighted by Gasteiger charge is -2.10. The predicted octanol–water partition coefficient (Wildman–Crippen LogP) is 5.03. The van der Waals surface area contributed by atoms with Crippen molar-refractivity contribution >= 4 is 49.3 Å². The van der Waals surface area contributed by atoms with E-state index in [2.05, 4.69) is 36.4 Å². The maximum absolute atomic E-state index is 11.2. The van der Waals surface area contributed by atoms with Crippen molar-refractivity contribution in [3.05, 3.63) is 60.4 Å². The van der Waals surface area contributed by atoms with E-state index in [1.807, 2.05) is 12.1 Å². The Labute approximate surface area is 124 Å². The summed E-state index contributed by atoms with van der Waals surface area (Å²) in [6.07, 6.45) is 0. The topological polar surface area (TPSA) is 50.4 Å². The van der Waals surface area contributed by atoms with Crippen LogP contribution in [0.15, 0.2) is 59.0 Å². The molecule has 0 unspecified atom stereocenters. The number of hydrogen-bond acceptors (Lipinski definition) is 2. The summed E-state index contributed by atoms with van der Waals surface area (Å²) in [4.78, 5) is 11.2. The van der Waals surface area contributed by atoms with E-state index in [9.17, 15) is 4.79 Å². The summed E-state index contributed by atoms with van der Waals surface area (Å²) < 4.78 is 5.48.